The van der Waals surface area contributed by atoms with Crippen molar-refractivity contribution in [3.05, 3.63) is 23.5 Å². The van der Waals surface area contributed by atoms with E-state index < -0.39 is 0 Å². The van der Waals surface area contributed by atoms with Gasteiger partial charge in [0, 0.05) is 24.5 Å². The molecule has 1 aromatic rings. The van der Waals surface area contributed by atoms with Gasteiger partial charge in [-0.15, -0.1) is 0 Å². The van der Waals surface area contributed by atoms with Crippen molar-refractivity contribution in [1.82, 2.24) is 4.98 Å². The molecule has 1 fully saturated rings. The molecule has 3 heteroatoms. The first-order chi connectivity index (χ1) is 6.81. The Morgan fingerprint density at radius 1 is 1.64 bits per heavy atom. The van der Waals surface area contributed by atoms with Crippen molar-refractivity contribution in [2.75, 3.05) is 11.4 Å². The van der Waals surface area contributed by atoms with Gasteiger partial charge in [0.15, 0.2) is 0 Å². The first-order valence-electron chi connectivity index (χ1n) is 5.19. The fraction of sp³-hybridized carbons (Fsp3) is 0.545. The predicted molar refractivity (Wildman–Crippen MR) is 59.9 cm³/mol. The van der Waals surface area contributed by atoms with Crippen LogP contribution >= 0.6 is 11.6 Å². The quantitative estimate of drug-likeness (QED) is 0.698. The molecule has 1 aliphatic rings. The largest absolute Gasteiger partial charge is 0.368 e. The lowest BCUT2D eigenvalue weighted by molar-refractivity contribution is 0.645. The van der Waals surface area contributed by atoms with Gasteiger partial charge in [0.2, 0.25) is 0 Å². The minimum Gasteiger partial charge on any atom is -0.368 e. The number of hydrogen-bond donors (Lipinski definition) is 0. The second-order valence-corrected chi connectivity index (χ2v) is 4.12. The fourth-order valence-corrected chi connectivity index (χ4v) is 2.34. The zero-order valence-corrected chi connectivity index (χ0v) is 9.17. The molecule has 0 spiro atoms. The molecule has 1 atom stereocenters. The Hall–Kier alpha value is -0.760. The van der Waals surface area contributed by atoms with Gasteiger partial charge >= 0.3 is 0 Å². The second-order valence-electron chi connectivity index (χ2n) is 3.73. The normalized spacial score (nSPS) is 21.6. The van der Waals surface area contributed by atoms with Gasteiger partial charge in [0.1, 0.15) is 5.15 Å². The van der Waals surface area contributed by atoms with E-state index in [0.717, 1.165) is 6.54 Å². The highest BCUT2D eigenvalue weighted by Crippen LogP contribution is 2.27. The van der Waals surface area contributed by atoms with Gasteiger partial charge in [-0.2, -0.15) is 0 Å². The molecule has 0 saturated carbocycles. The SMILES string of the molecule is CCC1CCCN1c1ccnc(Cl)c1. The molecule has 0 radical (unpaired) electrons. The van der Waals surface area contributed by atoms with Crippen LogP contribution in [0.25, 0.3) is 0 Å². The van der Waals surface area contributed by atoms with E-state index in [0.29, 0.717) is 11.2 Å². The Morgan fingerprint density at radius 3 is 3.21 bits per heavy atom. The van der Waals surface area contributed by atoms with E-state index >= 15 is 0 Å². The number of nitrogens with zero attached hydrogens (tertiary/aromatic N) is 2. The maximum absolute atomic E-state index is 5.88. The van der Waals surface area contributed by atoms with Crippen molar-refractivity contribution in [2.45, 2.75) is 32.2 Å². The zero-order valence-electron chi connectivity index (χ0n) is 8.41. The maximum Gasteiger partial charge on any atom is 0.131 e. The second kappa shape index (κ2) is 4.18. The van der Waals surface area contributed by atoms with E-state index in [1.54, 1.807) is 6.20 Å². The highest BCUT2D eigenvalue weighted by molar-refractivity contribution is 6.29. The van der Waals surface area contributed by atoms with Gasteiger partial charge in [0.25, 0.3) is 0 Å². The molecular weight excluding hydrogens is 196 g/mol. The molecule has 2 heterocycles. The Bertz CT molecular complexity index is 314. The smallest absolute Gasteiger partial charge is 0.131 e. The summed E-state index contributed by atoms with van der Waals surface area (Å²) in [5, 5.41) is 0.587. The zero-order chi connectivity index (χ0) is 9.97. The number of anilines is 1. The van der Waals surface area contributed by atoms with Crippen LogP contribution in [0.5, 0.6) is 0 Å². The molecule has 0 N–H and O–H groups in total. The standard InChI is InChI=1S/C11H15ClN2/c1-2-9-4-3-7-14(9)10-5-6-13-11(12)8-10/h5-6,8-9H,2-4,7H2,1H3. The van der Waals surface area contributed by atoms with E-state index in [2.05, 4.69) is 16.8 Å². The predicted octanol–water partition coefficient (Wildman–Crippen LogP) is 3.11. The molecule has 1 unspecified atom stereocenters. The molecular formula is C11H15ClN2. The third-order valence-corrected chi connectivity index (χ3v) is 3.10. The Balaban J connectivity index is 2.21. The average molecular weight is 211 g/mol. The first kappa shape index (κ1) is 9.78. The number of pyridine rings is 1. The van der Waals surface area contributed by atoms with E-state index in [1.165, 1.54) is 24.9 Å². The summed E-state index contributed by atoms with van der Waals surface area (Å²) in [6.07, 6.45) is 5.58. The van der Waals surface area contributed by atoms with E-state index in [4.69, 9.17) is 11.6 Å². The monoisotopic (exact) mass is 210 g/mol. The van der Waals surface area contributed by atoms with Crippen LogP contribution < -0.4 is 4.90 Å². The van der Waals surface area contributed by atoms with Crippen molar-refractivity contribution < 1.29 is 0 Å². The van der Waals surface area contributed by atoms with Gasteiger partial charge in [-0.1, -0.05) is 18.5 Å². The van der Waals surface area contributed by atoms with Crippen LogP contribution in [0, 0.1) is 0 Å². The highest BCUT2D eigenvalue weighted by atomic mass is 35.5. The summed E-state index contributed by atoms with van der Waals surface area (Å²) in [4.78, 5) is 6.44. The number of halogens is 1. The Morgan fingerprint density at radius 2 is 2.50 bits per heavy atom. The van der Waals surface area contributed by atoms with Crippen molar-refractivity contribution in [3.63, 3.8) is 0 Å². The minimum atomic E-state index is 0.587. The van der Waals surface area contributed by atoms with Gasteiger partial charge in [-0.3, -0.25) is 0 Å². The molecule has 1 aliphatic heterocycles. The number of hydrogen-bond acceptors (Lipinski definition) is 2. The molecule has 1 aromatic heterocycles. The van der Waals surface area contributed by atoms with E-state index in [1.807, 2.05) is 12.1 Å². The topological polar surface area (TPSA) is 16.1 Å². The summed E-state index contributed by atoms with van der Waals surface area (Å²) in [6.45, 7) is 3.39. The lowest BCUT2D eigenvalue weighted by Gasteiger charge is -2.25. The van der Waals surface area contributed by atoms with Crippen LogP contribution in [0.15, 0.2) is 18.3 Å². The average Bonchev–Trinajstić information content (AvgIpc) is 2.65. The first-order valence-corrected chi connectivity index (χ1v) is 5.57. The van der Waals surface area contributed by atoms with Gasteiger partial charge in [-0.25, -0.2) is 4.98 Å². The summed E-state index contributed by atoms with van der Waals surface area (Å²) >= 11 is 5.88. The summed E-state index contributed by atoms with van der Waals surface area (Å²) < 4.78 is 0. The van der Waals surface area contributed by atoms with Crippen molar-refractivity contribution in [3.8, 4) is 0 Å². The number of rotatable bonds is 2. The van der Waals surface area contributed by atoms with Crippen LogP contribution in [-0.2, 0) is 0 Å². The molecule has 0 aliphatic carbocycles. The molecule has 0 aromatic carbocycles. The molecule has 2 rings (SSSR count). The molecule has 2 nitrogen and oxygen atoms in total. The fourth-order valence-electron chi connectivity index (χ4n) is 2.17. The summed E-state index contributed by atoms with van der Waals surface area (Å²) in [7, 11) is 0. The van der Waals surface area contributed by atoms with Crippen molar-refractivity contribution in [2.24, 2.45) is 0 Å². The highest BCUT2D eigenvalue weighted by Gasteiger charge is 2.22. The minimum absolute atomic E-state index is 0.587. The van der Waals surface area contributed by atoms with Crippen LogP contribution in [0.3, 0.4) is 0 Å². The van der Waals surface area contributed by atoms with Crippen LogP contribution in [0.1, 0.15) is 26.2 Å². The third-order valence-electron chi connectivity index (χ3n) is 2.89. The lowest BCUT2D eigenvalue weighted by atomic mass is 10.1. The Labute approximate surface area is 89.9 Å². The Kier molecular flexibility index (Phi) is 2.92. The van der Waals surface area contributed by atoms with Gasteiger partial charge in [-0.05, 0) is 31.4 Å². The van der Waals surface area contributed by atoms with Crippen LogP contribution in [0.4, 0.5) is 5.69 Å². The van der Waals surface area contributed by atoms with E-state index in [-0.39, 0.29) is 0 Å². The third kappa shape index (κ3) is 1.85. The van der Waals surface area contributed by atoms with Gasteiger partial charge in [0.05, 0.1) is 0 Å². The van der Waals surface area contributed by atoms with E-state index in [9.17, 15) is 0 Å². The maximum atomic E-state index is 5.88. The molecule has 76 valence electrons. The molecule has 14 heavy (non-hydrogen) atoms. The van der Waals surface area contributed by atoms with Crippen molar-refractivity contribution in [1.29, 1.82) is 0 Å². The van der Waals surface area contributed by atoms with Gasteiger partial charge < -0.3 is 4.90 Å². The lowest BCUT2D eigenvalue weighted by Crippen LogP contribution is -2.28. The van der Waals surface area contributed by atoms with Crippen LogP contribution in [-0.4, -0.2) is 17.6 Å². The summed E-state index contributed by atoms with van der Waals surface area (Å²) in [5.74, 6) is 0. The van der Waals surface area contributed by atoms with Crippen molar-refractivity contribution >= 4 is 17.3 Å². The molecule has 0 bridgehead atoms. The summed E-state index contributed by atoms with van der Waals surface area (Å²) in [5.41, 5.74) is 1.22. The molecule has 0 amide bonds. The number of aromatic nitrogens is 1. The van der Waals surface area contributed by atoms with Crippen LogP contribution in [0.2, 0.25) is 5.15 Å². The molecule has 1 saturated heterocycles. The summed E-state index contributed by atoms with van der Waals surface area (Å²) in [6, 6.07) is 4.68.